The molecule has 0 bridgehead atoms. The molecule has 2 aromatic heterocycles. The zero-order valence-electron chi connectivity index (χ0n) is 10.5. The third-order valence-corrected chi connectivity index (χ3v) is 3.58. The van der Waals surface area contributed by atoms with Gasteiger partial charge in [-0.3, -0.25) is 4.79 Å². The van der Waals surface area contributed by atoms with Gasteiger partial charge in [-0.15, -0.1) is 16.4 Å². The Morgan fingerprint density at radius 1 is 1.63 bits per heavy atom. The predicted molar refractivity (Wildman–Crippen MR) is 70.3 cm³/mol. The molecule has 1 unspecified atom stereocenters. The number of carbonyl (C=O) groups excluding carboxylic acids is 1. The number of nitrogens with zero attached hydrogens (tertiary/aromatic N) is 4. The fourth-order valence-electron chi connectivity index (χ4n) is 1.56. The van der Waals surface area contributed by atoms with Crippen LogP contribution in [0, 0.1) is 0 Å². The first-order chi connectivity index (χ1) is 9.22. The van der Waals surface area contributed by atoms with E-state index in [1.54, 1.807) is 6.07 Å². The van der Waals surface area contributed by atoms with E-state index in [1.165, 1.54) is 22.3 Å². The first-order valence-corrected chi connectivity index (χ1v) is 6.87. The lowest BCUT2D eigenvalue weighted by Gasteiger charge is -2.08. The second-order valence-electron chi connectivity index (χ2n) is 4.00. The molecule has 0 aliphatic carbocycles. The standard InChI is InChI=1S/C11H15N5O2S/c1-2-8(17)3-5-12-11(18)10-9(4-6-19-10)16-7-13-14-15-16/h4,6-8,17H,2-3,5H2,1H3,(H,12,18). The Labute approximate surface area is 114 Å². The predicted octanol–water partition coefficient (Wildman–Crippen LogP) is 0.615. The van der Waals surface area contributed by atoms with Gasteiger partial charge in [-0.1, -0.05) is 6.92 Å². The Hall–Kier alpha value is -1.80. The van der Waals surface area contributed by atoms with Crippen LogP contribution >= 0.6 is 11.3 Å². The fraction of sp³-hybridized carbons (Fsp3) is 0.455. The van der Waals surface area contributed by atoms with Crippen LogP contribution in [0.4, 0.5) is 0 Å². The van der Waals surface area contributed by atoms with Crippen molar-refractivity contribution in [1.29, 1.82) is 0 Å². The number of carbonyl (C=O) groups is 1. The third-order valence-electron chi connectivity index (χ3n) is 2.68. The maximum atomic E-state index is 12.0. The van der Waals surface area contributed by atoms with Crippen molar-refractivity contribution in [3.05, 3.63) is 22.7 Å². The summed E-state index contributed by atoms with van der Waals surface area (Å²) in [6.45, 7) is 2.35. The molecule has 2 N–H and O–H groups in total. The van der Waals surface area contributed by atoms with Gasteiger partial charge in [0.1, 0.15) is 11.2 Å². The SMILES string of the molecule is CCC(O)CCNC(=O)c1sccc1-n1cnnn1. The molecule has 7 nitrogen and oxygen atoms in total. The highest BCUT2D eigenvalue weighted by Gasteiger charge is 2.15. The van der Waals surface area contributed by atoms with Crippen molar-refractivity contribution in [3.8, 4) is 5.69 Å². The van der Waals surface area contributed by atoms with Crippen LogP contribution < -0.4 is 5.32 Å². The average Bonchev–Trinajstić information content (AvgIpc) is 3.08. The van der Waals surface area contributed by atoms with E-state index in [0.717, 1.165) is 0 Å². The lowest BCUT2D eigenvalue weighted by atomic mass is 10.2. The number of tetrazole rings is 1. The number of aliphatic hydroxyl groups is 1. The Morgan fingerprint density at radius 3 is 3.16 bits per heavy atom. The maximum Gasteiger partial charge on any atom is 0.263 e. The van der Waals surface area contributed by atoms with E-state index in [9.17, 15) is 9.90 Å². The molecule has 2 rings (SSSR count). The third kappa shape index (κ3) is 3.36. The minimum absolute atomic E-state index is 0.177. The lowest BCUT2D eigenvalue weighted by molar-refractivity contribution is 0.0946. The van der Waals surface area contributed by atoms with E-state index in [1.807, 2.05) is 12.3 Å². The first-order valence-electron chi connectivity index (χ1n) is 5.99. The molecule has 2 heterocycles. The van der Waals surface area contributed by atoms with E-state index in [-0.39, 0.29) is 12.0 Å². The van der Waals surface area contributed by atoms with E-state index in [2.05, 4.69) is 20.8 Å². The molecule has 0 radical (unpaired) electrons. The second-order valence-corrected chi connectivity index (χ2v) is 4.91. The zero-order valence-corrected chi connectivity index (χ0v) is 11.3. The van der Waals surface area contributed by atoms with E-state index < -0.39 is 0 Å². The second kappa shape index (κ2) is 6.39. The molecule has 102 valence electrons. The van der Waals surface area contributed by atoms with Crippen LogP contribution in [0.2, 0.25) is 0 Å². The van der Waals surface area contributed by atoms with Crippen LogP contribution in [0.3, 0.4) is 0 Å². The molecular weight excluding hydrogens is 266 g/mol. The first kappa shape index (κ1) is 13.6. The normalized spacial score (nSPS) is 12.3. The Morgan fingerprint density at radius 2 is 2.47 bits per heavy atom. The van der Waals surface area contributed by atoms with Gasteiger partial charge < -0.3 is 10.4 Å². The molecular formula is C11H15N5O2S. The van der Waals surface area contributed by atoms with Gasteiger partial charge >= 0.3 is 0 Å². The van der Waals surface area contributed by atoms with Crippen molar-refractivity contribution in [2.24, 2.45) is 0 Å². The summed E-state index contributed by atoms with van der Waals surface area (Å²) in [6.07, 6.45) is 2.31. The van der Waals surface area contributed by atoms with E-state index in [4.69, 9.17) is 0 Å². The number of nitrogens with one attached hydrogen (secondary N) is 1. The van der Waals surface area contributed by atoms with Gasteiger partial charge in [-0.2, -0.15) is 4.68 Å². The highest BCUT2D eigenvalue weighted by Crippen LogP contribution is 2.19. The van der Waals surface area contributed by atoms with Crippen molar-refractivity contribution in [3.63, 3.8) is 0 Å². The molecule has 19 heavy (non-hydrogen) atoms. The van der Waals surface area contributed by atoms with Crippen LogP contribution in [0.1, 0.15) is 29.4 Å². The molecule has 0 spiro atoms. The minimum Gasteiger partial charge on any atom is -0.393 e. The number of rotatable bonds is 6. The molecule has 0 saturated carbocycles. The van der Waals surface area contributed by atoms with Gasteiger partial charge in [0.25, 0.3) is 5.91 Å². The lowest BCUT2D eigenvalue weighted by Crippen LogP contribution is -2.27. The molecule has 8 heteroatoms. The van der Waals surface area contributed by atoms with E-state index in [0.29, 0.717) is 30.0 Å². The summed E-state index contributed by atoms with van der Waals surface area (Å²) in [7, 11) is 0. The highest BCUT2D eigenvalue weighted by atomic mass is 32.1. The Bertz CT molecular complexity index is 525. The van der Waals surface area contributed by atoms with Crippen molar-refractivity contribution in [1.82, 2.24) is 25.5 Å². The number of hydrogen-bond donors (Lipinski definition) is 2. The quantitative estimate of drug-likeness (QED) is 0.809. The number of hydrogen-bond acceptors (Lipinski definition) is 6. The van der Waals surface area contributed by atoms with Gasteiger partial charge in [0, 0.05) is 6.54 Å². The molecule has 0 aliphatic heterocycles. The topological polar surface area (TPSA) is 92.9 Å². The van der Waals surface area contributed by atoms with Gasteiger partial charge in [0.15, 0.2) is 0 Å². The monoisotopic (exact) mass is 281 g/mol. The molecule has 1 amide bonds. The van der Waals surface area contributed by atoms with Crippen molar-refractivity contribution in [2.45, 2.75) is 25.9 Å². The van der Waals surface area contributed by atoms with Crippen LogP contribution in [0.25, 0.3) is 5.69 Å². The van der Waals surface area contributed by atoms with Gasteiger partial charge in [-0.25, -0.2) is 0 Å². The summed E-state index contributed by atoms with van der Waals surface area (Å²) < 4.78 is 1.45. The molecule has 0 aromatic carbocycles. The smallest absolute Gasteiger partial charge is 0.263 e. The molecule has 0 fully saturated rings. The minimum atomic E-state index is -0.373. The van der Waals surface area contributed by atoms with Crippen LogP contribution in [-0.2, 0) is 0 Å². The number of aliphatic hydroxyl groups excluding tert-OH is 1. The summed E-state index contributed by atoms with van der Waals surface area (Å²) in [4.78, 5) is 12.6. The zero-order chi connectivity index (χ0) is 13.7. The van der Waals surface area contributed by atoms with E-state index >= 15 is 0 Å². The van der Waals surface area contributed by atoms with Crippen LogP contribution in [0.15, 0.2) is 17.8 Å². The van der Waals surface area contributed by atoms with Crippen LogP contribution in [0.5, 0.6) is 0 Å². The summed E-state index contributed by atoms with van der Waals surface area (Å²) in [5.74, 6) is -0.177. The van der Waals surface area contributed by atoms with Gasteiger partial charge in [0.05, 0.1) is 11.8 Å². The van der Waals surface area contributed by atoms with Crippen LogP contribution in [-0.4, -0.2) is 43.9 Å². The Kier molecular flexibility index (Phi) is 4.58. The van der Waals surface area contributed by atoms with Gasteiger partial charge in [0.2, 0.25) is 0 Å². The number of amides is 1. The van der Waals surface area contributed by atoms with Crippen molar-refractivity contribution < 1.29 is 9.90 Å². The van der Waals surface area contributed by atoms with Crippen molar-refractivity contribution >= 4 is 17.2 Å². The highest BCUT2D eigenvalue weighted by molar-refractivity contribution is 7.12. The number of aromatic nitrogens is 4. The average molecular weight is 281 g/mol. The largest absolute Gasteiger partial charge is 0.393 e. The summed E-state index contributed by atoms with van der Waals surface area (Å²) >= 11 is 1.33. The Balaban J connectivity index is 1.99. The molecule has 0 saturated heterocycles. The van der Waals surface area contributed by atoms with Crippen molar-refractivity contribution in [2.75, 3.05) is 6.54 Å². The summed E-state index contributed by atoms with van der Waals surface area (Å²) in [5.41, 5.74) is 0.656. The maximum absolute atomic E-state index is 12.0. The molecule has 1 atom stereocenters. The van der Waals surface area contributed by atoms with Gasteiger partial charge in [-0.05, 0) is 34.7 Å². The fourth-order valence-corrected chi connectivity index (χ4v) is 2.36. The molecule has 0 aliphatic rings. The summed E-state index contributed by atoms with van der Waals surface area (Å²) in [6, 6.07) is 1.79. The number of thiophene rings is 1. The molecule has 2 aromatic rings. The summed E-state index contributed by atoms with van der Waals surface area (Å²) in [5, 5.41) is 24.9.